The molecule has 94 valence electrons. The third-order valence-electron chi connectivity index (χ3n) is 2.61. The molecule has 6 heteroatoms. The largest absolute Gasteiger partial charge is 0.383 e. The maximum Gasteiger partial charge on any atom is 0.261 e. The molecule has 0 aliphatic rings. The average Bonchev–Trinajstić information content (AvgIpc) is 2.89. The summed E-state index contributed by atoms with van der Waals surface area (Å²) in [7, 11) is 0. The molecule has 3 aromatic rings. The minimum absolute atomic E-state index is 0.320. The molecule has 19 heavy (non-hydrogen) atoms. The van der Waals surface area contributed by atoms with Gasteiger partial charge in [0.1, 0.15) is 5.82 Å². The van der Waals surface area contributed by atoms with E-state index in [-0.39, 0.29) is 0 Å². The Morgan fingerprint density at radius 2 is 1.84 bits per heavy atom. The van der Waals surface area contributed by atoms with E-state index in [1.165, 1.54) is 0 Å². The first-order valence-corrected chi connectivity index (χ1v) is 5.93. The van der Waals surface area contributed by atoms with Crippen molar-refractivity contribution in [3.05, 3.63) is 47.6 Å². The lowest BCUT2D eigenvalue weighted by molar-refractivity contribution is 0.432. The van der Waals surface area contributed by atoms with Gasteiger partial charge in [0.15, 0.2) is 0 Å². The Morgan fingerprint density at radius 3 is 2.63 bits per heavy atom. The molecule has 0 bridgehead atoms. The summed E-state index contributed by atoms with van der Waals surface area (Å²) in [6.45, 7) is 0. The van der Waals surface area contributed by atoms with Gasteiger partial charge < -0.3 is 10.3 Å². The molecule has 0 radical (unpaired) electrons. The van der Waals surface area contributed by atoms with E-state index < -0.39 is 0 Å². The Morgan fingerprint density at radius 1 is 1.05 bits per heavy atom. The number of nitrogen functional groups attached to an aromatic ring is 1. The number of halogens is 1. The summed E-state index contributed by atoms with van der Waals surface area (Å²) >= 11 is 6.09. The van der Waals surface area contributed by atoms with Crippen molar-refractivity contribution in [2.45, 2.75) is 0 Å². The predicted octanol–water partition coefficient (Wildman–Crippen LogP) is 3.03. The van der Waals surface area contributed by atoms with E-state index in [1.54, 1.807) is 24.4 Å². The lowest BCUT2D eigenvalue weighted by atomic mass is 10.2. The number of aromatic nitrogens is 3. The van der Waals surface area contributed by atoms with Crippen LogP contribution in [0.2, 0.25) is 5.02 Å². The van der Waals surface area contributed by atoms with Crippen LogP contribution in [0.3, 0.4) is 0 Å². The van der Waals surface area contributed by atoms with Crippen LogP contribution in [0.4, 0.5) is 5.82 Å². The zero-order chi connectivity index (χ0) is 13.2. The second kappa shape index (κ2) is 4.70. The number of pyridine rings is 1. The molecule has 0 aliphatic heterocycles. The smallest absolute Gasteiger partial charge is 0.261 e. The fraction of sp³-hybridized carbons (Fsp3) is 0. The number of anilines is 1. The molecule has 2 aromatic heterocycles. The predicted molar refractivity (Wildman–Crippen MR) is 72.4 cm³/mol. The van der Waals surface area contributed by atoms with Crippen molar-refractivity contribution in [1.82, 2.24) is 15.1 Å². The van der Waals surface area contributed by atoms with Crippen molar-refractivity contribution in [3.8, 4) is 22.8 Å². The number of benzene rings is 1. The number of nitrogens with two attached hydrogens (primary N) is 1. The molecule has 0 amide bonds. The Balaban J connectivity index is 2.06. The van der Waals surface area contributed by atoms with E-state index in [0.717, 1.165) is 0 Å². The van der Waals surface area contributed by atoms with E-state index in [2.05, 4.69) is 15.1 Å². The van der Waals surface area contributed by atoms with Gasteiger partial charge in [-0.25, -0.2) is 4.98 Å². The maximum atomic E-state index is 6.09. The van der Waals surface area contributed by atoms with Gasteiger partial charge in [0.2, 0.25) is 5.82 Å². The van der Waals surface area contributed by atoms with Crippen LogP contribution in [0.25, 0.3) is 22.8 Å². The minimum atomic E-state index is 0.320. The molecule has 0 fully saturated rings. The van der Waals surface area contributed by atoms with Crippen molar-refractivity contribution < 1.29 is 4.52 Å². The van der Waals surface area contributed by atoms with E-state index in [1.807, 2.05) is 18.2 Å². The average molecular weight is 273 g/mol. The summed E-state index contributed by atoms with van der Waals surface area (Å²) in [4.78, 5) is 8.27. The van der Waals surface area contributed by atoms with E-state index in [4.69, 9.17) is 21.9 Å². The van der Waals surface area contributed by atoms with Crippen molar-refractivity contribution in [1.29, 1.82) is 0 Å². The van der Waals surface area contributed by atoms with Crippen LogP contribution in [0, 0.1) is 0 Å². The van der Waals surface area contributed by atoms with Crippen LogP contribution in [-0.2, 0) is 0 Å². The van der Waals surface area contributed by atoms with Crippen LogP contribution in [0.5, 0.6) is 0 Å². The molecule has 0 unspecified atom stereocenters. The summed E-state index contributed by atoms with van der Waals surface area (Å²) in [5.74, 6) is 1.08. The molecule has 0 spiro atoms. The van der Waals surface area contributed by atoms with E-state index in [0.29, 0.717) is 33.7 Å². The fourth-order valence-electron chi connectivity index (χ4n) is 1.68. The quantitative estimate of drug-likeness (QED) is 0.776. The molecular formula is C13H9ClN4O. The molecule has 2 N–H and O–H groups in total. The van der Waals surface area contributed by atoms with Crippen molar-refractivity contribution in [2.75, 3.05) is 5.73 Å². The zero-order valence-corrected chi connectivity index (χ0v) is 10.5. The normalized spacial score (nSPS) is 10.6. The van der Waals surface area contributed by atoms with Gasteiger partial charge in [0, 0.05) is 11.8 Å². The fourth-order valence-corrected chi connectivity index (χ4v) is 1.90. The highest BCUT2D eigenvalue weighted by Crippen LogP contribution is 2.28. The number of hydrogen-bond donors (Lipinski definition) is 1. The SMILES string of the molecule is Nc1ncccc1-c1nc(-c2ccccc2Cl)no1. The van der Waals surface area contributed by atoms with E-state index >= 15 is 0 Å². The lowest BCUT2D eigenvalue weighted by Gasteiger charge is -1.97. The Hall–Kier alpha value is -2.40. The number of nitrogens with zero attached hydrogens (tertiary/aromatic N) is 3. The van der Waals surface area contributed by atoms with Gasteiger partial charge in [0.05, 0.1) is 10.6 Å². The van der Waals surface area contributed by atoms with Gasteiger partial charge >= 0.3 is 0 Å². The molecular weight excluding hydrogens is 264 g/mol. The first kappa shape index (κ1) is 11.7. The summed E-state index contributed by atoms with van der Waals surface area (Å²) in [6, 6.07) is 10.8. The van der Waals surface area contributed by atoms with Gasteiger partial charge in [0.25, 0.3) is 5.89 Å². The molecule has 1 aromatic carbocycles. The molecule has 0 saturated heterocycles. The highest BCUT2D eigenvalue weighted by Gasteiger charge is 2.14. The van der Waals surface area contributed by atoms with Crippen LogP contribution < -0.4 is 5.73 Å². The summed E-state index contributed by atoms with van der Waals surface area (Å²) in [5.41, 5.74) is 7.08. The van der Waals surface area contributed by atoms with Crippen LogP contribution in [0.15, 0.2) is 47.1 Å². The molecule has 0 atom stereocenters. The highest BCUT2D eigenvalue weighted by atomic mass is 35.5. The van der Waals surface area contributed by atoms with Crippen molar-refractivity contribution >= 4 is 17.4 Å². The third-order valence-corrected chi connectivity index (χ3v) is 2.94. The van der Waals surface area contributed by atoms with Crippen LogP contribution in [0.1, 0.15) is 0 Å². The Labute approximate surface area is 114 Å². The van der Waals surface area contributed by atoms with Crippen molar-refractivity contribution in [2.24, 2.45) is 0 Å². The van der Waals surface area contributed by atoms with E-state index in [9.17, 15) is 0 Å². The first-order valence-electron chi connectivity index (χ1n) is 5.55. The Bertz CT molecular complexity index is 666. The molecule has 5 nitrogen and oxygen atoms in total. The molecule has 0 aliphatic carbocycles. The standard InChI is InChI=1S/C13H9ClN4O/c14-10-6-2-1-4-8(10)12-17-13(19-18-12)9-5-3-7-16-11(9)15/h1-7H,(H2,15,16). The van der Waals surface area contributed by atoms with Gasteiger partial charge in [-0.1, -0.05) is 28.9 Å². The van der Waals surface area contributed by atoms with Gasteiger partial charge in [-0.05, 0) is 24.3 Å². The van der Waals surface area contributed by atoms with Gasteiger partial charge in [-0.3, -0.25) is 0 Å². The maximum absolute atomic E-state index is 6.09. The molecule has 2 heterocycles. The van der Waals surface area contributed by atoms with Crippen molar-refractivity contribution in [3.63, 3.8) is 0 Å². The topological polar surface area (TPSA) is 77.8 Å². The Kier molecular flexibility index (Phi) is 2.89. The third kappa shape index (κ3) is 2.15. The van der Waals surface area contributed by atoms with Crippen LogP contribution in [-0.4, -0.2) is 15.1 Å². The van der Waals surface area contributed by atoms with Gasteiger partial charge in [-0.2, -0.15) is 4.98 Å². The minimum Gasteiger partial charge on any atom is -0.383 e. The zero-order valence-electron chi connectivity index (χ0n) is 9.75. The van der Waals surface area contributed by atoms with Crippen LogP contribution >= 0.6 is 11.6 Å². The van der Waals surface area contributed by atoms with Gasteiger partial charge in [-0.15, -0.1) is 0 Å². The highest BCUT2D eigenvalue weighted by molar-refractivity contribution is 6.33. The molecule has 0 saturated carbocycles. The first-order chi connectivity index (χ1) is 9.25. The number of hydrogen-bond acceptors (Lipinski definition) is 5. The second-order valence-electron chi connectivity index (χ2n) is 3.84. The summed E-state index contributed by atoms with van der Waals surface area (Å²) in [5, 5.41) is 4.47. The lowest BCUT2D eigenvalue weighted by Crippen LogP contribution is -1.93. The number of rotatable bonds is 2. The second-order valence-corrected chi connectivity index (χ2v) is 4.25. The monoisotopic (exact) mass is 272 g/mol. The molecule has 3 rings (SSSR count). The summed E-state index contributed by atoms with van der Waals surface area (Å²) < 4.78 is 5.20. The summed E-state index contributed by atoms with van der Waals surface area (Å²) in [6.07, 6.45) is 1.60.